The summed E-state index contributed by atoms with van der Waals surface area (Å²) in [5.74, 6) is 0.730. The van der Waals surface area contributed by atoms with E-state index >= 15 is 0 Å². The highest BCUT2D eigenvalue weighted by Crippen LogP contribution is 2.28. The van der Waals surface area contributed by atoms with E-state index in [-0.39, 0.29) is 6.54 Å². The highest BCUT2D eigenvalue weighted by molar-refractivity contribution is 7.22. The third-order valence-corrected chi connectivity index (χ3v) is 5.03. The fraction of sp³-hybridized carbons (Fsp3) is 0.118. The quantitative estimate of drug-likeness (QED) is 0.512. The van der Waals surface area contributed by atoms with Crippen molar-refractivity contribution < 1.29 is 13.9 Å². The van der Waals surface area contributed by atoms with Gasteiger partial charge in [-0.1, -0.05) is 22.9 Å². The minimum atomic E-state index is -0.447. The molecule has 0 atom stereocenters. The van der Waals surface area contributed by atoms with E-state index in [1.54, 1.807) is 17.9 Å². The molecule has 132 valence electrons. The van der Waals surface area contributed by atoms with Crippen LogP contribution in [0.3, 0.4) is 0 Å². The molecule has 26 heavy (non-hydrogen) atoms. The molecule has 0 saturated carbocycles. The third kappa shape index (κ3) is 3.16. The van der Waals surface area contributed by atoms with E-state index in [1.807, 2.05) is 36.4 Å². The third-order valence-electron chi connectivity index (χ3n) is 3.82. The first-order valence-corrected chi connectivity index (χ1v) is 8.90. The molecule has 2 aromatic carbocycles. The number of aromatic amines is 1. The average Bonchev–Trinajstić information content (AvgIpc) is 3.22. The Bertz CT molecular complexity index is 1120. The smallest absolute Gasteiger partial charge is 0.432 e. The van der Waals surface area contributed by atoms with Gasteiger partial charge < -0.3 is 10.1 Å². The molecule has 7 nitrogen and oxygen atoms in total. The van der Waals surface area contributed by atoms with E-state index in [1.165, 1.54) is 11.3 Å². The summed E-state index contributed by atoms with van der Waals surface area (Å²) in [5.41, 5.74) is 1.58. The molecule has 0 aliphatic rings. The number of ether oxygens (including phenoxy) is 1. The summed E-state index contributed by atoms with van der Waals surface area (Å²) in [6, 6.07) is 12.8. The van der Waals surface area contributed by atoms with Crippen molar-refractivity contribution in [2.24, 2.45) is 0 Å². The van der Waals surface area contributed by atoms with Gasteiger partial charge >= 0.3 is 11.3 Å². The monoisotopic (exact) mass is 389 g/mol. The Morgan fingerprint density at radius 1 is 1.31 bits per heavy atom. The van der Waals surface area contributed by atoms with Gasteiger partial charge in [-0.3, -0.25) is 4.52 Å². The highest BCUT2D eigenvalue weighted by atomic mass is 35.5. The zero-order valence-electron chi connectivity index (χ0n) is 13.7. The maximum atomic E-state index is 12.1. The fourth-order valence-corrected chi connectivity index (χ4v) is 3.65. The number of fused-ring (bicyclic) bond motifs is 1. The van der Waals surface area contributed by atoms with Gasteiger partial charge in [0.1, 0.15) is 12.3 Å². The van der Waals surface area contributed by atoms with Crippen LogP contribution in [0.5, 0.6) is 5.75 Å². The molecule has 0 amide bonds. The van der Waals surface area contributed by atoms with Gasteiger partial charge in [0.15, 0.2) is 5.13 Å². The molecule has 0 fully saturated rings. The molecule has 0 aliphatic carbocycles. The maximum Gasteiger partial charge on any atom is 0.432 e. The molecule has 0 radical (unpaired) electrons. The zero-order valence-corrected chi connectivity index (χ0v) is 15.2. The number of halogens is 1. The van der Waals surface area contributed by atoms with Crippen molar-refractivity contribution >= 4 is 38.3 Å². The van der Waals surface area contributed by atoms with Gasteiger partial charge in [-0.25, -0.2) is 9.78 Å². The van der Waals surface area contributed by atoms with Gasteiger partial charge in [-0.05, 0) is 40.3 Å². The van der Waals surface area contributed by atoms with Gasteiger partial charge in [-0.2, -0.15) is 0 Å². The van der Waals surface area contributed by atoms with E-state index in [0.29, 0.717) is 15.8 Å². The van der Waals surface area contributed by atoms with E-state index in [9.17, 15) is 4.79 Å². The van der Waals surface area contributed by atoms with Gasteiger partial charge in [0, 0.05) is 17.2 Å². The Balaban J connectivity index is 1.59. The van der Waals surface area contributed by atoms with E-state index < -0.39 is 5.63 Å². The number of hydrogen-bond acceptors (Lipinski definition) is 6. The number of methoxy groups -OCH3 is 1. The van der Waals surface area contributed by atoms with Crippen LogP contribution >= 0.6 is 22.9 Å². The van der Waals surface area contributed by atoms with E-state index in [2.05, 4.69) is 15.6 Å². The lowest BCUT2D eigenvalue weighted by Crippen LogP contribution is -2.39. The number of nitrogens with one attached hydrogen (secondary N) is 2. The number of thiazole rings is 1. The maximum absolute atomic E-state index is 12.1. The Morgan fingerprint density at radius 2 is 2.12 bits per heavy atom. The lowest BCUT2D eigenvalue weighted by molar-refractivity contribution is -0.677. The molecular weight excluding hydrogens is 376 g/mol. The predicted molar refractivity (Wildman–Crippen MR) is 99.4 cm³/mol. The lowest BCUT2D eigenvalue weighted by atomic mass is 10.3. The van der Waals surface area contributed by atoms with Crippen LogP contribution in [-0.2, 0) is 6.54 Å². The summed E-state index contributed by atoms with van der Waals surface area (Å²) in [5, 5.41) is 7.14. The molecule has 0 aliphatic heterocycles. The molecule has 2 N–H and O–H groups in total. The van der Waals surface area contributed by atoms with Crippen molar-refractivity contribution in [1.29, 1.82) is 0 Å². The summed E-state index contributed by atoms with van der Waals surface area (Å²) in [6.45, 7) is 0.255. The molecular formula is C17H14ClN4O3S+. The molecule has 0 spiro atoms. The topological polar surface area (TPSA) is 84.0 Å². The minimum absolute atomic E-state index is 0.255. The first-order valence-electron chi connectivity index (χ1n) is 7.71. The van der Waals surface area contributed by atoms with Crippen molar-refractivity contribution in [2.45, 2.75) is 6.54 Å². The number of aromatic nitrogens is 3. The van der Waals surface area contributed by atoms with Crippen LogP contribution in [0, 0.1) is 0 Å². The summed E-state index contributed by atoms with van der Waals surface area (Å²) in [6.07, 6.45) is 0. The number of anilines is 1. The second-order valence-corrected chi connectivity index (χ2v) is 6.91. The molecule has 0 saturated heterocycles. The van der Waals surface area contributed by atoms with E-state index in [4.69, 9.17) is 20.9 Å². The number of hydrogen-bond donors (Lipinski definition) is 2. The molecule has 2 heterocycles. The molecule has 0 bridgehead atoms. The Hall–Kier alpha value is -2.84. The Kier molecular flexibility index (Phi) is 4.36. The number of H-pyrrole nitrogens is 1. The van der Waals surface area contributed by atoms with Crippen molar-refractivity contribution in [2.75, 3.05) is 12.4 Å². The van der Waals surface area contributed by atoms with Crippen molar-refractivity contribution in [1.82, 2.24) is 10.3 Å². The zero-order chi connectivity index (χ0) is 18.1. The van der Waals surface area contributed by atoms with Gasteiger partial charge in [0.25, 0.3) is 0 Å². The fourth-order valence-electron chi connectivity index (χ4n) is 2.52. The summed E-state index contributed by atoms with van der Waals surface area (Å²) in [7, 11) is 1.60. The Morgan fingerprint density at radius 3 is 2.88 bits per heavy atom. The van der Waals surface area contributed by atoms with Crippen LogP contribution < -0.4 is 20.4 Å². The normalized spacial score (nSPS) is 11.0. The van der Waals surface area contributed by atoms with Crippen LogP contribution in [0.1, 0.15) is 5.69 Å². The van der Waals surface area contributed by atoms with Crippen molar-refractivity contribution in [3.05, 3.63) is 63.6 Å². The predicted octanol–water partition coefficient (Wildman–Crippen LogP) is 3.13. The van der Waals surface area contributed by atoms with Crippen LogP contribution in [0.4, 0.5) is 5.13 Å². The summed E-state index contributed by atoms with van der Waals surface area (Å²) >= 11 is 7.48. The summed E-state index contributed by atoms with van der Waals surface area (Å²) < 4.78 is 12.7. The average molecular weight is 390 g/mol. The molecule has 9 heteroatoms. The van der Waals surface area contributed by atoms with Crippen molar-refractivity contribution in [3.8, 4) is 11.4 Å². The minimum Gasteiger partial charge on any atom is -0.497 e. The van der Waals surface area contributed by atoms with Crippen LogP contribution in [-0.4, -0.2) is 17.4 Å². The first kappa shape index (κ1) is 16.6. The number of rotatable bonds is 5. The van der Waals surface area contributed by atoms with Crippen LogP contribution in [0.2, 0.25) is 5.02 Å². The molecule has 4 rings (SSSR count). The van der Waals surface area contributed by atoms with Crippen LogP contribution in [0.25, 0.3) is 15.9 Å². The lowest BCUT2D eigenvalue weighted by Gasteiger charge is -1.99. The van der Waals surface area contributed by atoms with E-state index in [0.717, 1.165) is 21.7 Å². The summed E-state index contributed by atoms with van der Waals surface area (Å²) in [4.78, 5) is 16.5. The molecule has 2 aromatic heterocycles. The SMILES string of the molecule is COc1ccc(-[n+]2[nH]oc(=O)c2CNc2nc3ccc(Cl)cc3s2)cc1. The van der Waals surface area contributed by atoms with Crippen molar-refractivity contribution in [3.63, 3.8) is 0 Å². The number of nitrogens with zero attached hydrogens (tertiary/aromatic N) is 2. The standard InChI is InChI=1S/C17H13ClN4O3S/c1-24-12-5-3-11(4-6-12)22-14(16(23)25-21-22)9-19-17-20-13-7-2-10(18)8-15(13)26-17/h2-8H,9H2,1H3,(H-,19,20,21,23)/p+1. The van der Waals surface area contributed by atoms with Gasteiger partial charge in [-0.15, -0.1) is 0 Å². The second-order valence-electron chi connectivity index (χ2n) is 5.45. The van der Waals surface area contributed by atoms with Gasteiger partial charge in [0.2, 0.25) is 5.69 Å². The Labute approximate surface area is 156 Å². The highest BCUT2D eigenvalue weighted by Gasteiger charge is 2.23. The largest absolute Gasteiger partial charge is 0.497 e. The first-order chi connectivity index (χ1) is 12.6. The van der Waals surface area contributed by atoms with Crippen LogP contribution in [0.15, 0.2) is 51.8 Å². The van der Waals surface area contributed by atoms with Gasteiger partial charge in [0.05, 0.1) is 17.3 Å². The molecule has 0 unspecified atom stereocenters. The number of benzene rings is 2. The second kappa shape index (κ2) is 6.81. The molecule has 4 aromatic rings.